The van der Waals surface area contributed by atoms with Gasteiger partial charge in [0.1, 0.15) is 23.8 Å². The highest BCUT2D eigenvalue weighted by atomic mass is 19.1. The Balaban J connectivity index is 1.51. The van der Waals surface area contributed by atoms with Gasteiger partial charge in [-0.25, -0.2) is 4.39 Å². The molecule has 0 spiro atoms. The number of halogens is 1. The van der Waals surface area contributed by atoms with E-state index in [1.807, 2.05) is 24.3 Å². The summed E-state index contributed by atoms with van der Waals surface area (Å²) in [6, 6.07) is 12.8. The molecule has 1 aliphatic heterocycles. The number of carbonyl (C=O) groups excluding carboxylic acids is 4. The molecule has 8 nitrogen and oxygen atoms in total. The summed E-state index contributed by atoms with van der Waals surface area (Å²) in [5.41, 5.74) is 1.55. The third kappa shape index (κ3) is 5.48. The zero-order chi connectivity index (χ0) is 24.1. The summed E-state index contributed by atoms with van der Waals surface area (Å²) in [6.45, 7) is 0.534. The summed E-state index contributed by atoms with van der Waals surface area (Å²) in [4.78, 5) is 52.5. The Labute approximate surface area is 195 Å². The Morgan fingerprint density at radius 1 is 1.12 bits per heavy atom. The zero-order valence-corrected chi connectivity index (χ0v) is 18.3. The Kier molecular flexibility index (Phi) is 7.01. The minimum Gasteiger partial charge on any atom is -0.356 e. The van der Waals surface area contributed by atoms with Crippen molar-refractivity contribution in [2.24, 2.45) is 5.92 Å². The largest absolute Gasteiger partial charge is 0.356 e. The molecule has 176 valence electrons. The molecule has 1 fully saturated rings. The van der Waals surface area contributed by atoms with Crippen LogP contribution in [0.25, 0.3) is 10.9 Å². The summed E-state index contributed by atoms with van der Waals surface area (Å²) < 4.78 is 13.7. The quantitative estimate of drug-likeness (QED) is 0.361. The highest BCUT2D eigenvalue weighted by Gasteiger charge is 2.30. The van der Waals surface area contributed by atoms with E-state index in [0.717, 1.165) is 10.9 Å². The molecule has 9 heteroatoms. The first-order valence-corrected chi connectivity index (χ1v) is 11.1. The van der Waals surface area contributed by atoms with E-state index in [-0.39, 0.29) is 30.4 Å². The molecule has 2 aromatic carbocycles. The van der Waals surface area contributed by atoms with Crippen LogP contribution in [0.1, 0.15) is 28.9 Å². The predicted molar refractivity (Wildman–Crippen MR) is 123 cm³/mol. The third-order valence-corrected chi connectivity index (χ3v) is 5.92. The van der Waals surface area contributed by atoms with Crippen LogP contribution in [0.2, 0.25) is 0 Å². The molecule has 4 N–H and O–H groups in total. The maximum atomic E-state index is 13.7. The van der Waals surface area contributed by atoms with Crippen molar-refractivity contribution in [2.45, 2.75) is 31.3 Å². The molecule has 1 aromatic heterocycles. The Morgan fingerprint density at radius 3 is 2.65 bits per heavy atom. The molecule has 4 rings (SSSR count). The molecule has 0 unspecified atom stereocenters. The van der Waals surface area contributed by atoms with Gasteiger partial charge in [-0.05, 0) is 42.7 Å². The SMILES string of the molecule is O=C[C@@H](C[C@@H]1CCNC1=O)NC(=O)[C@H](Cc1cccc(F)c1)NC(=O)c1cc2ccccc2[nH]1. The fourth-order valence-corrected chi connectivity index (χ4v) is 4.15. The van der Waals surface area contributed by atoms with Crippen molar-refractivity contribution < 1.29 is 23.6 Å². The van der Waals surface area contributed by atoms with E-state index in [2.05, 4.69) is 20.9 Å². The van der Waals surface area contributed by atoms with Crippen molar-refractivity contribution in [3.8, 4) is 0 Å². The molecule has 3 amide bonds. The van der Waals surface area contributed by atoms with Gasteiger partial charge in [-0.1, -0.05) is 30.3 Å². The van der Waals surface area contributed by atoms with E-state index in [9.17, 15) is 23.6 Å². The number of aromatic amines is 1. The van der Waals surface area contributed by atoms with Gasteiger partial charge in [0.05, 0.1) is 6.04 Å². The first-order chi connectivity index (χ1) is 16.4. The Bertz CT molecular complexity index is 1190. The molecule has 3 atom stereocenters. The molecule has 34 heavy (non-hydrogen) atoms. The van der Waals surface area contributed by atoms with E-state index in [1.165, 1.54) is 18.2 Å². The number of hydrogen-bond acceptors (Lipinski definition) is 4. The number of carbonyl (C=O) groups is 4. The molecule has 3 aromatic rings. The number of benzene rings is 2. The molecular formula is C25H25FN4O4. The number of H-pyrrole nitrogens is 1. The number of aromatic nitrogens is 1. The van der Waals surface area contributed by atoms with Crippen LogP contribution >= 0.6 is 0 Å². The summed E-state index contributed by atoms with van der Waals surface area (Å²) >= 11 is 0. The van der Waals surface area contributed by atoms with Crippen LogP contribution in [0, 0.1) is 11.7 Å². The number of aldehydes is 1. The fraction of sp³-hybridized carbons (Fsp3) is 0.280. The normalized spacial score (nSPS) is 17.1. The summed E-state index contributed by atoms with van der Waals surface area (Å²) in [5, 5.41) is 8.87. The molecule has 1 saturated heterocycles. The van der Waals surface area contributed by atoms with Gasteiger partial charge in [0.25, 0.3) is 5.91 Å². The van der Waals surface area contributed by atoms with E-state index in [0.29, 0.717) is 24.8 Å². The summed E-state index contributed by atoms with van der Waals surface area (Å²) in [6.07, 6.45) is 1.36. The number of rotatable bonds is 9. The predicted octanol–water partition coefficient (Wildman–Crippen LogP) is 1.86. The van der Waals surface area contributed by atoms with Gasteiger partial charge in [-0.15, -0.1) is 0 Å². The first-order valence-electron chi connectivity index (χ1n) is 11.1. The molecule has 2 heterocycles. The maximum Gasteiger partial charge on any atom is 0.268 e. The van der Waals surface area contributed by atoms with E-state index in [4.69, 9.17) is 0 Å². The highest BCUT2D eigenvalue weighted by Crippen LogP contribution is 2.17. The molecule has 0 aliphatic carbocycles. The van der Waals surface area contributed by atoms with Crippen molar-refractivity contribution in [1.82, 2.24) is 20.9 Å². The van der Waals surface area contributed by atoms with Gasteiger partial charge in [-0.3, -0.25) is 14.4 Å². The average Bonchev–Trinajstić information content (AvgIpc) is 3.44. The zero-order valence-electron chi connectivity index (χ0n) is 18.3. The van der Waals surface area contributed by atoms with Crippen molar-refractivity contribution >= 4 is 34.9 Å². The van der Waals surface area contributed by atoms with Crippen LogP contribution in [0.4, 0.5) is 4.39 Å². The molecular weight excluding hydrogens is 439 g/mol. The lowest BCUT2D eigenvalue weighted by atomic mass is 9.98. The van der Waals surface area contributed by atoms with E-state index < -0.39 is 29.7 Å². The summed E-state index contributed by atoms with van der Waals surface area (Å²) in [7, 11) is 0. The number of fused-ring (bicyclic) bond motifs is 1. The van der Waals surface area contributed by atoms with Gasteiger partial charge in [-0.2, -0.15) is 0 Å². The Morgan fingerprint density at radius 2 is 1.94 bits per heavy atom. The van der Waals surface area contributed by atoms with E-state index >= 15 is 0 Å². The number of amides is 3. The molecule has 0 radical (unpaired) electrons. The lowest BCUT2D eigenvalue weighted by Gasteiger charge is -2.22. The fourth-order valence-electron chi connectivity index (χ4n) is 4.15. The monoisotopic (exact) mass is 464 g/mol. The average molecular weight is 464 g/mol. The lowest BCUT2D eigenvalue weighted by molar-refractivity contribution is -0.127. The minimum absolute atomic E-state index is 0.0189. The number of para-hydroxylation sites is 1. The highest BCUT2D eigenvalue weighted by molar-refractivity contribution is 6.00. The van der Waals surface area contributed by atoms with Crippen LogP contribution in [-0.2, 0) is 20.8 Å². The second-order valence-corrected chi connectivity index (χ2v) is 8.39. The van der Waals surface area contributed by atoms with Crippen molar-refractivity contribution in [3.05, 3.63) is 71.7 Å². The van der Waals surface area contributed by atoms with Crippen LogP contribution in [0.5, 0.6) is 0 Å². The molecule has 0 saturated carbocycles. The minimum atomic E-state index is -1.07. The maximum absolute atomic E-state index is 13.7. The standard InChI is InChI=1S/C25H25FN4O4/c26-18-6-3-4-15(10-18)11-21(24(33)28-19(14-31)12-17-8-9-27-23(17)32)30-25(34)22-13-16-5-1-2-7-20(16)29-22/h1-7,10,13-14,17,19,21,29H,8-9,11-12H2,(H,27,32)(H,28,33)(H,30,34)/t17-,19+,21-/m0/s1. The number of nitrogens with one attached hydrogen (secondary N) is 4. The smallest absolute Gasteiger partial charge is 0.268 e. The van der Waals surface area contributed by atoms with Crippen molar-refractivity contribution in [1.29, 1.82) is 0 Å². The molecule has 1 aliphatic rings. The van der Waals surface area contributed by atoms with Gasteiger partial charge < -0.3 is 25.7 Å². The second-order valence-electron chi connectivity index (χ2n) is 8.39. The lowest BCUT2D eigenvalue weighted by Crippen LogP contribution is -2.51. The topological polar surface area (TPSA) is 120 Å². The summed E-state index contributed by atoms with van der Waals surface area (Å²) in [5.74, 6) is -2.07. The second kappa shape index (κ2) is 10.3. The number of hydrogen-bond donors (Lipinski definition) is 4. The van der Waals surface area contributed by atoms with Gasteiger partial charge in [0.2, 0.25) is 11.8 Å². The van der Waals surface area contributed by atoms with E-state index in [1.54, 1.807) is 12.1 Å². The van der Waals surface area contributed by atoms with Crippen LogP contribution in [0.3, 0.4) is 0 Å². The van der Waals surface area contributed by atoms with Crippen LogP contribution < -0.4 is 16.0 Å². The van der Waals surface area contributed by atoms with Crippen molar-refractivity contribution in [2.75, 3.05) is 6.54 Å². The van der Waals surface area contributed by atoms with Gasteiger partial charge in [0, 0.05) is 29.8 Å². The molecule has 0 bridgehead atoms. The third-order valence-electron chi connectivity index (χ3n) is 5.92. The Hall–Kier alpha value is -4.01. The first kappa shape index (κ1) is 23.2. The van der Waals surface area contributed by atoms with Crippen LogP contribution in [-0.4, -0.2) is 47.6 Å². The van der Waals surface area contributed by atoms with Gasteiger partial charge >= 0.3 is 0 Å². The van der Waals surface area contributed by atoms with Crippen LogP contribution in [0.15, 0.2) is 54.6 Å². The van der Waals surface area contributed by atoms with Crippen molar-refractivity contribution in [3.63, 3.8) is 0 Å². The van der Waals surface area contributed by atoms with Gasteiger partial charge in [0.15, 0.2) is 0 Å².